The molecule has 55 heavy (non-hydrogen) atoms. The number of benzene rings is 7. The molecule has 1 unspecified atom stereocenters. The van der Waals surface area contributed by atoms with Crippen LogP contribution in [-0.4, -0.2) is 25.6 Å². The zero-order chi connectivity index (χ0) is 36.3. The van der Waals surface area contributed by atoms with Crippen molar-refractivity contribution in [3.8, 4) is 51.0 Å². The van der Waals surface area contributed by atoms with E-state index in [1.54, 1.807) is 0 Å². The quantitative estimate of drug-likeness (QED) is 0.179. The van der Waals surface area contributed by atoms with E-state index in [2.05, 4.69) is 150 Å². The molecule has 1 aliphatic heterocycles. The SMILES string of the molecule is C1=CC2Oc3ccc(-c4nc(-c5ccccc5)nc(-c5ccc(-c6ccccc6)cc5)n4)cc3C2=CC(n2c3ccccc3c3cc4ccccc4cc32)=C1. The van der Waals surface area contributed by atoms with Crippen molar-refractivity contribution in [2.75, 3.05) is 0 Å². The van der Waals surface area contributed by atoms with Crippen LogP contribution in [0, 0.1) is 0 Å². The Morgan fingerprint density at radius 2 is 1.05 bits per heavy atom. The van der Waals surface area contributed by atoms with Gasteiger partial charge in [-0.2, -0.15) is 0 Å². The Bertz CT molecular complexity index is 3050. The third-order valence-electron chi connectivity index (χ3n) is 10.7. The monoisotopic (exact) mass is 704 g/mol. The molecule has 9 aromatic rings. The number of hydrogen-bond acceptors (Lipinski definition) is 4. The summed E-state index contributed by atoms with van der Waals surface area (Å²) in [7, 11) is 0. The van der Waals surface area contributed by atoms with Gasteiger partial charge in [0.15, 0.2) is 17.5 Å². The van der Waals surface area contributed by atoms with Gasteiger partial charge in [0.25, 0.3) is 0 Å². The molecule has 0 spiro atoms. The van der Waals surface area contributed by atoms with Gasteiger partial charge in [0.2, 0.25) is 0 Å². The third kappa shape index (κ3) is 5.36. The first kappa shape index (κ1) is 31.2. The number of allylic oxidation sites excluding steroid dienone is 4. The molecule has 11 rings (SSSR count). The van der Waals surface area contributed by atoms with E-state index in [0.717, 1.165) is 44.8 Å². The number of para-hydroxylation sites is 1. The molecule has 258 valence electrons. The Morgan fingerprint density at radius 1 is 0.473 bits per heavy atom. The second-order valence-corrected chi connectivity index (χ2v) is 14.0. The minimum absolute atomic E-state index is 0.218. The van der Waals surface area contributed by atoms with Crippen molar-refractivity contribution >= 4 is 43.8 Å². The zero-order valence-electron chi connectivity index (χ0n) is 29.7. The van der Waals surface area contributed by atoms with Crippen molar-refractivity contribution < 1.29 is 4.74 Å². The van der Waals surface area contributed by atoms with Gasteiger partial charge in [0, 0.05) is 44.3 Å². The van der Waals surface area contributed by atoms with Crippen LogP contribution in [0.5, 0.6) is 5.75 Å². The van der Waals surface area contributed by atoms with Crippen molar-refractivity contribution in [2.45, 2.75) is 6.10 Å². The van der Waals surface area contributed by atoms with Crippen LogP contribution in [0.15, 0.2) is 188 Å². The van der Waals surface area contributed by atoms with Crippen LogP contribution in [0.3, 0.4) is 0 Å². The molecule has 2 aliphatic rings. The van der Waals surface area contributed by atoms with E-state index in [1.807, 2.05) is 42.5 Å². The fourth-order valence-electron chi connectivity index (χ4n) is 7.98. The van der Waals surface area contributed by atoms with E-state index in [-0.39, 0.29) is 6.10 Å². The maximum atomic E-state index is 6.56. The average molecular weight is 705 g/mol. The summed E-state index contributed by atoms with van der Waals surface area (Å²) < 4.78 is 8.94. The third-order valence-corrected chi connectivity index (χ3v) is 10.7. The summed E-state index contributed by atoms with van der Waals surface area (Å²) in [6.45, 7) is 0. The molecule has 0 radical (unpaired) electrons. The number of nitrogens with zero attached hydrogens (tertiary/aromatic N) is 4. The molecular formula is C50H32N4O. The number of fused-ring (bicyclic) bond motifs is 7. The van der Waals surface area contributed by atoms with Crippen LogP contribution >= 0.6 is 0 Å². The van der Waals surface area contributed by atoms with Crippen molar-refractivity contribution in [3.05, 3.63) is 194 Å². The van der Waals surface area contributed by atoms with Gasteiger partial charge in [-0.25, -0.2) is 15.0 Å². The normalized spacial score (nSPS) is 14.7. The number of aromatic nitrogens is 4. The summed E-state index contributed by atoms with van der Waals surface area (Å²) in [6.07, 6.45) is 8.50. The highest BCUT2D eigenvalue weighted by Gasteiger charge is 2.29. The maximum absolute atomic E-state index is 6.56. The van der Waals surface area contributed by atoms with Crippen LogP contribution in [0.25, 0.3) is 89.1 Å². The summed E-state index contributed by atoms with van der Waals surface area (Å²) in [4.78, 5) is 15.1. The van der Waals surface area contributed by atoms with Gasteiger partial charge in [0.05, 0.1) is 11.0 Å². The molecule has 5 nitrogen and oxygen atoms in total. The molecule has 0 amide bonds. The number of rotatable bonds is 5. The van der Waals surface area contributed by atoms with Gasteiger partial charge >= 0.3 is 0 Å². The summed E-state index contributed by atoms with van der Waals surface area (Å²) in [5.41, 5.74) is 10.6. The molecule has 5 heteroatoms. The van der Waals surface area contributed by atoms with Crippen LogP contribution in [-0.2, 0) is 0 Å². The van der Waals surface area contributed by atoms with E-state index in [1.165, 1.54) is 38.1 Å². The van der Waals surface area contributed by atoms with Gasteiger partial charge < -0.3 is 9.30 Å². The number of ether oxygens (including phenoxy) is 1. The zero-order valence-corrected chi connectivity index (χ0v) is 29.7. The lowest BCUT2D eigenvalue weighted by molar-refractivity contribution is 0.323. The van der Waals surface area contributed by atoms with Crippen LogP contribution in [0.1, 0.15) is 5.56 Å². The van der Waals surface area contributed by atoms with E-state index < -0.39 is 0 Å². The topological polar surface area (TPSA) is 52.8 Å². The van der Waals surface area contributed by atoms with Gasteiger partial charge in [-0.1, -0.05) is 133 Å². The van der Waals surface area contributed by atoms with Crippen LogP contribution in [0.4, 0.5) is 0 Å². The predicted molar refractivity (Wildman–Crippen MR) is 224 cm³/mol. The standard InChI is InChI=1S/C50H32N4O/c1-3-12-32(13-4-1)33-22-24-35(25-23-33)49-51-48(34-14-5-2-6-15-34)52-50(53-49)38-26-27-47-42(29-38)43-31-39(18-11-21-46(43)55-47)54-44-20-10-9-19-40(44)41-28-36-16-7-8-17-37(36)30-45(41)54/h1-31,46H. The highest BCUT2D eigenvalue weighted by atomic mass is 16.5. The Morgan fingerprint density at radius 3 is 1.82 bits per heavy atom. The van der Waals surface area contributed by atoms with E-state index >= 15 is 0 Å². The first-order chi connectivity index (χ1) is 27.2. The Balaban J connectivity index is 1.03. The lowest BCUT2D eigenvalue weighted by Crippen LogP contribution is -2.07. The summed E-state index contributed by atoms with van der Waals surface area (Å²) in [5, 5.41) is 4.91. The van der Waals surface area contributed by atoms with E-state index in [9.17, 15) is 0 Å². The molecule has 1 atom stereocenters. The first-order valence-corrected chi connectivity index (χ1v) is 18.5. The smallest absolute Gasteiger partial charge is 0.164 e. The van der Waals surface area contributed by atoms with Crippen molar-refractivity contribution in [1.82, 2.24) is 19.5 Å². The van der Waals surface area contributed by atoms with Crippen molar-refractivity contribution in [2.24, 2.45) is 0 Å². The molecule has 0 bridgehead atoms. The van der Waals surface area contributed by atoms with Crippen LogP contribution < -0.4 is 4.74 Å². The largest absolute Gasteiger partial charge is 0.481 e. The summed E-state index contributed by atoms with van der Waals surface area (Å²) in [5.74, 6) is 2.70. The fourth-order valence-corrected chi connectivity index (χ4v) is 7.98. The molecule has 0 saturated heterocycles. The van der Waals surface area contributed by atoms with Gasteiger partial charge in [-0.3, -0.25) is 0 Å². The second kappa shape index (κ2) is 12.6. The molecule has 3 heterocycles. The summed E-state index contributed by atoms with van der Waals surface area (Å²) in [6, 6.07) is 57.1. The van der Waals surface area contributed by atoms with E-state index in [4.69, 9.17) is 19.7 Å². The minimum Gasteiger partial charge on any atom is -0.481 e. The Hall–Kier alpha value is -7.37. The van der Waals surface area contributed by atoms with Gasteiger partial charge in [-0.15, -0.1) is 0 Å². The van der Waals surface area contributed by atoms with Crippen molar-refractivity contribution in [3.63, 3.8) is 0 Å². The molecule has 0 N–H and O–H groups in total. The second-order valence-electron chi connectivity index (χ2n) is 14.0. The molecular weight excluding hydrogens is 673 g/mol. The Labute approximate surface area is 317 Å². The minimum atomic E-state index is -0.218. The molecule has 2 aromatic heterocycles. The molecule has 1 aliphatic carbocycles. The first-order valence-electron chi connectivity index (χ1n) is 18.5. The van der Waals surface area contributed by atoms with E-state index in [0.29, 0.717) is 17.5 Å². The molecule has 7 aromatic carbocycles. The Kier molecular flexibility index (Phi) is 7.17. The fraction of sp³-hybridized carbons (Fsp3) is 0.0200. The lowest BCUT2D eigenvalue weighted by atomic mass is 9.99. The van der Waals surface area contributed by atoms with Gasteiger partial charge in [0.1, 0.15) is 11.9 Å². The summed E-state index contributed by atoms with van der Waals surface area (Å²) >= 11 is 0. The van der Waals surface area contributed by atoms with Crippen LogP contribution in [0.2, 0.25) is 0 Å². The highest BCUT2D eigenvalue weighted by Crippen LogP contribution is 2.44. The van der Waals surface area contributed by atoms with Gasteiger partial charge in [-0.05, 0) is 76.5 Å². The average Bonchev–Trinajstić information content (AvgIpc) is 3.67. The maximum Gasteiger partial charge on any atom is 0.164 e. The van der Waals surface area contributed by atoms with Crippen molar-refractivity contribution in [1.29, 1.82) is 0 Å². The predicted octanol–water partition coefficient (Wildman–Crippen LogP) is 12.1. The lowest BCUT2D eigenvalue weighted by Gasteiger charge is -2.11. The molecule has 0 fully saturated rings. The molecule has 0 saturated carbocycles. The number of hydrogen-bond donors (Lipinski definition) is 0. The highest BCUT2D eigenvalue weighted by molar-refractivity contribution is 6.14.